The second kappa shape index (κ2) is 26.2. The number of primary amides is 2. The third-order valence-corrected chi connectivity index (χ3v) is 8.97. The van der Waals surface area contributed by atoms with Gasteiger partial charge in [0.1, 0.15) is 0 Å². The van der Waals surface area contributed by atoms with Gasteiger partial charge < -0.3 is 20.9 Å². The highest BCUT2D eigenvalue weighted by molar-refractivity contribution is 7.91. The van der Waals surface area contributed by atoms with Gasteiger partial charge in [-0.1, -0.05) is 127 Å². The Balaban J connectivity index is 0.000000467. The first kappa shape index (κ1) is 43.3. The van der Waals surface area contributed by atoms with Gasteiger partial charge in [-0.3, -0.25) is 5.32 Å². The summed E-state index contributed by atoms with van der Waals surface area (Å²) in [5, 5.41) is 1.58. The van der Waals surface area contributed by atoms with Crippen molar-refractivity contribution in [2.75, 3.05) is 13.2 Å². The standard InChI is InChI=1S/C24H38O4.C12H10O2S.C2H5N3O2/c1-3-5-7-9-11-15-19-27-23(25)21-17-13-14-18-22(21)24(26)28-20-16-12-10-8-6-4-2;13-15(14,11-7-3-1-4-8-11)12-9-5-2-6-10-12;3-1(6)5-2(4)7/h13-14,17-18H,3-12,15-16,19-20H2,1-2H3;1-10H;(H5,3,4,5,6,7). The van der Waals surface area contributed by atoms with E-state index in [4.69, 9.17) is 9.47 Å². The highest BCUT2D eigenvalue weighted by atomic mass is 32.2. The largest absolute Gasteiger partial charge is 0.462 e. The maximum absolute atomic E-state index is 12.4. The van der Waals surface area contributed by atoms with Crippen molar-refractivity contribution in [3.63, 3.8) is 0 Å². The summed E-state index contributed by atoms with van der Waals surface area (Å²) in [7, 11) is -3.34. The molecule has 0 atom stereocenters. The van der Waals surface area contributed by atoms with E-state index in [1.165, 1.54) is 51.4 Å². The zero-order valence-corrected chi connectivity index (χ0v) is 30.1. The van der Waals surface area contributed by atoms with Crippen LogP contribution in [0.2, 0.25) is 0 Å². The van der Waals surface area contributed by atoms with Crippen LogP contribution >= 0.6 is 0 Å². The Morgan fingerprint density at radius 1 is 0.520 bits per heavy atom. The first-order valence-electron chi connectivity index (χ1n) is 17.2. The van der Waals surface area contributed by atoms with Crippen molar-refractivity contribution in [3.8, 4) is 0 Å². The van der Waals surface area contributed by atoms with Gasteiger partial charge in [-0.25, -0.2) is 27.6 Å². The van der Waals surface area contributed by atoms with Gasteiger partial charge in [0.2, 0.25) is 9.84 Å². The van der Waals surface area contributed by atoms with Crippen LogP contribution in [-0.2, 0) is 19.3 Å². The van der Waals surface area contributed by atoms with Gasteiger partial charge in [-0.2, -0.15) is 0 Å². The van der Waals surface area contributed by atoms with Crippen molar-refractivity contribution in [1.29, 1.82) is 0 Å². The van der Waals surface area contributed by atoms with Crippen LogP contribution in [0.3, 0.4) is 0 Å². The molecule has 3 aromatic rings. The number of amides is 4. The molecule has 0 bridgehead atoms. The van der Waals surface area contributed by atoms with E-state index in [1.807, 2.05) is 0 Å². The lowest BCUT2D eigenvalue weighted by atomic mass is 10.1. The van der Waals surface area contributed by atoms with Crippen LogP contribution in [0.5, 0.6) is 0 Å². The number of sulfone groups is 1. The zero-order chi connectivity index (χ0) is 37.0. The van der Waals surface area contributed by atoms with Crippen molar-refractivity contribution in [2.24, 2.45) is 11.5 Å². The average molecular weight is 712 g/mol. The number of carbonyl (C=O) groups excluding carboxylic acids is 4. The van der Waals surface area contributed by atoms with Gasteiger partial charge in [0, 0.05) is 0 Å². The molecule has 274 valence electrons. The SMILES string of the molecule is CCCCCCCCOC(=O)c1ccccc1C(=O)OCCCCCCCC.NC(=O)NC(N)=O.O=S(=O)(c1ccccc1)c1ccccc1. The summed E-state index contributed by atoms with van der Waals surface area (Å²) in [6.45, 7) is 5.17. The number of nitrogens with one attached hydrogen (secondary N) is 1. The summed E-state index contributed by atoms with van der Waals surface area (Å²) >= 11 is 0. The fraction of sp³-hybridized carbons (Fsp3) is 0.421. The molecule has 5 N–H and O–H groups in total. The van der Waals surface area contributed by atoms with E-state index >= 15 is 0 Å². The Bertz CT molecular complexity index is 1410. The summed E-state index contributed by atoms with van der Waals surface area (Å²) in [6.07, 6.45) is 13.6. The molecule has 50 heavy (non-hydrogen) atoms. The number of esters is 2. The molecular weight excluding hydrogens is 658 g/mol. The lowest BCUT2D eigenvalue weighted by Gasteiger charge is -2.10. The zero-order valence-electron chi connectivity index (χ0n) is 29.3. The van der Waals surface area contributed by atoms with Gasteiger partial charge in [0.15, 0.2) is 0 Å². The van der Waals surface area contributed by atoms with Crippen LogP contribution in [0.1, 0.15) is 112 Å². The van der Waals surface area contributed by atoms with E-state index in [0.717, 1.165) is 25.7 Å². The summed E-state index contributed by atoms with van der Waals surface area (Å²) < 4.78 is 34.8. The van der Waals surface area contributed by atoms with Gasteiger partial charge in [-0.15, -0.1) is 0 Å². The number of nitrogens with two attached hydrogens (primary N) is 2. The van der Waals surface area contributed by atoms with Crippen molar-refractivity contribution in [3.05, 3.63) is 96.1 Å². The fourth-order valence-electron chi connectivity index (χ4n) is 4.55. The molecule has 0 fully saturated rings. The topological polar surface area (TPSA) is 185 Å². The van der Waals surface area contributed by atoms with Crippen molar-refractivity contribution < 1.29 is 37.1 Å². The van der Waals surface area contributed by atoms with Crippen molar-refractivity contribution >= 4 is 33.8 Å². The first-order valence-corrected chi connectivity index (χ1v) is 18.7. The highest BCUT2D eigenvalue weighted by Crippen LogP contribution is 2.19. The molecule has 0 aliphatic heterocycles. The molecule has 4 amide bonds. The number of ether oxygens (including phenoxy) is 2. The molecule has 0 aliphatic rings. The first-order chi connectivity index (χ1) is 24.0. The van der Waals surface area contributed by atoms with Crippen LogP contribution in [0.25, 0.3) is 0 Å². The molecule has 0 radical (unpaired) electrons. The number of hydrogen-bond donors (Lipinski definition) is 3. The van der Waals surface area contributed by atoms with Gasteiger partial charge in [0.25, 0.3) is 0 Å². The molecule has 11 nitrogen and oxygen atoms in total. The molecule has 0 aliphatic carbocycles. The predicted molar refractivity (Wildman–Crippen MR) is 194 cm³/mol. The van der Waals surface area contributed by atoms with E-state index in [1.54, 1.807) is 90.2 Å². The van der Waals surface area contributed by atoms with Crippen LogP contribution in [0.15, 0.2) is 94.7 Å². The third kappa shape index (κ3) is 18.7. The third-order valence-electron chi connectivity index (χ3n) is 7.18. The second-order valence-corrected chi connectivity index (χ2v) is 13.3. The van der Waals surface area contributed by atoms with Crippen LogP contribution in [0, 0.1) is 0 Å². The number of carbonyl (C=O) groups is 4. The summed E-state index contributed by atoms with van der Waals surface area (Å²) in [5.74, 6) is -0.888. The second-order valence-electron chi connectivity index (χ2n) is 11.3. The summed E-state index contributed by atoms with van der Waals surface area (Å²) in [4.78, 5) is 44.6. The van der Waals surface area contributed by atoms with Crippen molar-refractivity contribution in [1.82, 2.24) is 5.32 Å². The molecule has 0 saturated carbocycles. The van der Waals surface area contributed by atoms with Gasteiger partial charge in [0.05, 0.1) is 34.1 Å². The molecule has 12 heteroatoms. The maximum atomic E-state index is 12.4. The maximum Gasteiger partial charge on any atom is 0.339 e. The van der Waals surface area contributed by atoms with Crippen molar-refractivity contribution in [2.45, 2.75) is 101 Å². The lowest BCUT2D eigenvalue weighted by molar-refractivity contribution is 0.0450. The summed E-state index contributed by atoms with van der Waals surface area (Å²) in [5.41, 5.74) is 9.47. The Hall–Kier alpha value is -4.71. The smallest absolute Gasteiger partial charge is 0.339 e. The minimum Gasteiger partial charge on any atom is -0.462 e. The minimum atomic E-state index is -3.34. The number of hydrogen-bond acceptors (Lipinski definition) is 8. The Morgan fingerprint density at radius 2 is 0.840 bits per heavy atom. The van der Waals surface area contributed by atoms with E-state index in [0.29, 0.717) is 34.1 Å². The Kier molecular flexibility index (Phi) is 22.7. The van der Waals surface area contributed by atoms with Gasteiger partial charge in [-0.05, 0) is 49.2 Å². The lowest BCUT2D eigenvalue weighted by Crippen LogP contribution is -2.38. The Labute approximate surface area is 297 Å². The van der Waals surface area contributed by atoms with Crippen LogP contribution in [0.4, 0.5) is 9.59 Å². The quantitative estimate of drug-likeness (QED) is 0.0876. The van der Waals surface area contributed by atoms with E-state index in [-0.39, 0.29) is 0 Å². The molecular formula is C38H53N3O8S. The predicted octanol–water partition coefficient (Wildman–Crippen LogP) is 7.97. The Morgan fingerprint density at radius 3 is 1.16 bits per heavy atom. The monoisotopic (exact) mass is 711 g/mol. The number of benzene rings is 3. The molecule has 0 aromatic heterocycles. The molecule has 3 rings (SSSR count). The number of rotatable bonds is 18. The minimum absolute atomic E-state index is 0.293. The summed E-state index contributed by atoms with van der Waals surface area (Å²) in [6, 6.07) is 21.7. The molecule has 0 unspecified atom stereocenters. The normalized spacial score (nSPS) is 10.4. The van der Waals surface area contributed by atoms with Gasteiger partial charge >= 0.3 is 24.0 Å². The highest BCUT2D eigenvalue weighted by Gasteiger charge is 2.19. The van der Waals surface area contributed by atoms with E-state index in [2.05, 4.69) is 25.3 Å². The number of imide groups is 1. The number of unbranched alkanes of at least 4 members (excludes halogenated alkanes) is 10. The average Bonchev–Trinajstić information content (AvgIpc) is 3.11. The van der Waals surface area contributed by atoms with E-state index in [9.17, 15) is 27.6 Å². The van der Waals surface area contributed by atoms with Crippen LogP contribution in [-0.4, -0.2) is 45.6 Å². The van der Waals surface area contributed by atoms with E-state index < -0.39 is 33.8 Å². The molecule has 3 aromatic carbocycles. The van der Waals surface area contributed by atoms with Crippen LogP contribution < -0.4 is 16.8 Å². The molecule has 0 saturated heterocycles. The molecule has 0 heterocycles. The fourth-order valence-corrected chi connectivity index (χ4v) is 5.85. The molecule has 0 spiro atoms. The number of urea groups is 2.